The van der Waals surface area contributed by atoms with E-state index in [-0.39, 0.29) is 23.5 Å². The molecule has 41 heavy (non-hydrogen) atoms. The predicted molar refractivity (Wildman–Crippen MR) is 172 cm³/mol. The van der Waals surface area contributed by atoms with Gasteiger partial charge in [-0.3, -0.25) is 19.6 Å². The minimum absolute atomic E-state index is 0.0601. The summed E-state index contributed by atoms with van der Waals surface area (Å²) < 4.78 is 0. The molecule has 0 amide bonds. The molecule has 2 heterocycles. The molecule has 0 fully saturated rings. The van der Waals surface area contributed by atoms with Gasteiger partial charge in [-0.2, -0.15) is 0 Å². The molecule has 4 heteroatoms. The van der Waals surface area contributed by atoms with Crippen LogP contribution in [-0.4, -0.2) is 29.0 Å². The van der Waals surface area contributed by atoms with E-state index in [1.165, 1.54) is 0 Å². The first-order valence-corrected chi connectivity index (χ1v) is 14.5. The highest BCUT2D eigenvalue weighted by molar-refractivity contribution is 6.17. The van der Waals surface area contributed by atoms with Gasteiger partial charge in [0.25, 0.3) is 0 Å². The number of fused-ring (bicyclic) bond motifs is 3. The number of hydrogen-bond donors (Lipinski definition) is 0. The van der Waals surface area contributed by atoms with Crippen LogP contribution in [0.4, 0.5) is 5.69 Å². The molecule has 2 unspecified atom stereocenters. The molecule has 4 bridgehead atoms. The van der Waals surface area contributed by atoms with Crippen molar-refractivity contribution < 1.29 is 9.59 Å². The number of allylic oxidation sites excluding steroid dienone is 7. The van der Waals surface area contributed by atoms with Crippen molar-refractivity contribution in [3.8, 4) is 0 Å². The van der Waals surface area contributed by atoms with Gasteiger partial charge in [-0.1, -0.05) is 79.4 Å². The number of Topliss-reactive ketones (excluding diaryl/α,β-unsaturated/α-hetero) is 1. The van der Waals surface area contributed by atoms with Crippen molar-refractivity contribution in [3.05, 3.63) is 119 Å². The van der Waals surface area contributed by atoms with E-state index >= 15 is 0 Å². The highest BCUT2D eigenvalue weighted by atomic mass is 16.1. The van der Waals surface area contributed by atoms with Crippen LogP contribution in [0.1, 0.15) is 74.4 Å². The summed E-state index contributed by atoms with van der Waals surface area (Å²) in [4.78, 5) is 36.6. The largest absolute Gasteiger partial charge is 0.295 e. The van der Waals surface area contributed by atoms with Gasteiger partial charge in [0.15, 0.2) is 11.6 Å². The lowest BCUT2D eigenvalue weighted by Crippen LogP contribution is -2.21. The van der Waals surface area contributed by atoms with Gasteiger partial charge < -0.3 is 0 Å². The van der Waals surface area contributed by atoms with Gasteiger partial charge in [-0.05, 0) is 93.4 Å². The van der Waals surface area contributed by atoms with Crippen molar-refractivity contribution in [3.63, 3.8) is 0 Å². The molecule has 0 radical (unpaired) electrons. The third-order valence-corrected chi connectivity index (χ3v) is 7.70. The van der Waals surface area contributed by atoms with E-state index < -0.39 is 0 Å². The minimum atomic E-state index is -0.375. The molecule has 0 spiro atoms. The molecule has 0 saturated heterocycles. The molecule has 2 aromatic rings. The number of aliphatic imine (C=N–C) groups is 2. The molecule has 2 atom stereocenters. The number of carbonyl (C=O) groups excluding carboxylic acids is 2. The fraction of sp³-hybridized carbons (Fsp3) is 0.297. The molecular weight excluding hydrogens is 504 g/mol. The maximum absolute atomic E-state index is 13.8. The summed E-state index contributed by atoms with van der Waals surface area (Å²) >= 11 is 0. The second-order valence-electron chi connectivity index (χ2n) is 10.9. The number of hydrogen-bond acceptors (Lipinski definition) is 4. The number of ketones is 2. The maximum Gasteiger partial charge on any atom is 0.171 e. The normalized spacial score (nSPS) is 22.1. The molecule has 2 aromatic carbocycles. The zero-order valence-corrected chi connectivity index (χ0v) is 24.5. The highest BCUT2D eigenvalue weighted by Gasteiger charge is 2.23. The average Bonchev–Trinajstić information content (AvgIpc) is 3.11. The first-order chi connectivity index (χ1) is 19.8. The van der Waals surface area contributed by atoms with E-state index in [1.54, 1.807) is 12.2 Å². The van der Waals surface area contributed by atoms with Gasteiger partial charge in [0, 0.05) is 17.7 Å². The van der Waals surface area contributed by atoms with Crippen LogP contribution >= 0.6 is 0 Å². The Labute approximate surface area is 244 Å². The van der Waals surface area contributed by atoms with Gasteiger partial charge in [0.05, 0.1) is 23.4 Å². The molecule has 0 aromatic heterocycles. The van der Waals surface area contributed by atoms with Crippen LogP contribution in [0, 0.1) is 5.92 Å². The van der Waals surface area contributed by atoms with E-state index in [0.717, 1.165) is 70.6 Å². The first kappa shape index (κ1) is 29.8. The summed E-state index contributed by atoms with van der Waals surface area (Å²) in [7, 11) is 0. The molecule has 0 saturated carbocycles. The molecular formula is C37H40N2O2. The van der Waals surface area contributed by atoms with Gasteiger partial charge >= 0.3 is 0 Å². The number of aryl methyl sites for hydroxylation is 1. The Morgan fingerprint density at radius 1 is 1.02 bits per heavy atom. The highest BCUT2D eigenvalue weighted by Crippen LogP contribution is 2.26. The molecule has 0 aliphatic carbocycles. The second kappa shape index (κ2) is 13.9. The Morgan fingerprint density at radius 3 is 2.61 bits per heavy atom. The topological polar surface area (TPSA) is 58.9 Å². The van der Waals surface area contributed by atoms with Crippen LogP contribution in [0.3, 0.4) is 0 Å². The Bertz CT molecular complexity index is 1500. The fourth-order valence-corrected chi connectivity index (χ4v) is 5.46. The molecule has 4 rings (SSSR count). The summed E-state index contributed by atoms with van der Waals surface area (Å²) in [6.45, 7) is 14.2. The summed E-state index contributed by atoms with van der Waals surface area (Å²) in [5, 5.41) is 0. The molecule has 210 valence electrons. The number of benzene rings is 2. The van der Waals surface area contributed by atoms with Crippen LogP contribution in [-0.2, 0) is 11.2 Å². The van der Waals surface area contributed by atoms with Crippen molar-refractivity contribution in [1.29, 1.82) is 0 Å². The summed E-state index contributed by atoms with van der Waals surface area (Å²) in [6, 6.07) is 15.6. The van der Waals surface area contributed by atoms with Crippen molar-refractivity contribution in [2.45, 2.75) is 65.3 Å². The standard InChI is InChI=1S/C37H40N2O2/c1-6-12-30-21-25(3)13-10-18-34(39-35-17-9-8-15-29(35)7-2)27(5)37(41)31-16-11-14-28(23-31)19-20-32-24-33(40)22-26(4)36(30)38-32/h6-9,11-12,14-17,21-23,27,32H,2-3,10,13,18-20,24H2,1,4-5H3. The van der Waals surface area contributed by atoms with Gasteiger partial charge in [0.2, 0.25) is 0 Å². The number of nitrogens with zero attached hydrogens (tertiary/aromatic N) is 2. The number of para-hydroxylation sites is 1. The lowest BCUT2D eigenvalue weighted by atomic mass is 9.90. The van der Waals surface area contributed by atoms with Crippen molar-refractivity contribution in [2.24, 2.45) is 15.9 Å². The van der Waals surface area contributed by atoms with E-state index in [4.69, 9.17) is 9.98 Å². The predicted octanol–water partition coefficient (Wildman–Crippen LogP) is 8.83. The molecule has 2 aliphatic heterocycles. The van der Waals surface area contributed by atoms with Crippen molar-refractivity contribution in [1.82, 2.24) is 0 Å². The number of rotatable bonds is 3. The van der Waals surface area contributed by atoms with Crippen LogP contribution in [0.5, 0.6) is 0 Å². The van der Waals surface area contributed by atoms with Crippen molar-refractivity contribution >= 4 is 34.8 Å². The van der Waals surface area contributed by atoms with Crippen LogP contribution in [0.2, 0.25) is 0 Å². The fourth-order valence-electron chi connectivity index (χ4n) is 5.46. The van der Waals surface area contributed by atoms with E-state index in [1.807, 2.05) is 81.5 Å². The molecule has 4 nitrogen and oxygen atoms in total. The van der Waals surface area contributed by atoms with E-state index in [9.17, 15) is 9.59 Å². The first-order valence-electron chi connectivity index (χ1n) is 14.5. The van der Waals surface area contributed by atoms with Crippen LogP contribution in [0.15, 0.2) is 113 Å². The summed E-state index contributed by atoms with van der Waals surface area (Å²) in [5.41, 5.74) is 8.05. The lowest BCUT2D eigenvalue weighted by molar-refractivity contribution is -0.114. The summed E-state index contributed by atoms with van der Waals surface area (Å²) in [5.74, 6) is -0.216. The van der Waals surface area contributed by atoms with Crippen LogP contribution < -0.4 is 0 Å². The second-order valence-corrected chi connectivity index (χ2v) is 10.9. The smallest absolute Gasteiger partial charge is 0.171 e. The zero-order valence-electron chi connectivity index (χ0n) is 24.5. The quantitative estimate of drug-likeness (QED) is 0.388. The van der Waals surface area contributed by atoms with Crippen LogP contribution in [0.25, 0.3) is 6.08 Å². The van der Waals surface area contributed by atoms with E-state index in [0.29, 0.717) is 18.4 Å². The van der Waals surface area contributed by atoms with Gasteiger partial charge in [-0.25, -0.2) is 0 Å². The molecule has 2 aliphatic rings. The molecule has 0 N–H and O–H groups in total. The van der Waals surface area contributed by atoms with Gasteiger partial charge in [0.1, 0.15) is 0 Å². The Morgan fingerprint density at radius 2 is 1.83 bits per heavy atom. The minimum Gasteiger partial charge on any atom is -0.295 e. The zero-order chi connectivity index (χ0) is 29.4. The Balaban J connectivity index is 1.78. The van der Waals surface area contributed by atoms with Crippen molar-refractivity contribution in [2.75, 3.05) is 0 Å². The third kappa shape index (κ3) is 7.73. The lowest BCUT2D eigenvalue weighted by Gasteiger charge is -2.16. The van der Waals surface area contributed by atoms with E-state index in [2.05, 4.69) is 19.2 Å². The van der Waals surface area contributed by atoms with Gasteiger partial charge in [-0.15, -0.1) is 0 Å². The SMILES string of the molecule is C=Cc1ccccc1N=C1CCCC(=C)C=C(C=CC)C2=NC(CCc3cccc(c3)C(=O)C1C)CC(=O)C=C2C. The third-order valence-electron chi connectivity index (χ3n) is 7.70. The maximum atomic E-state index is 13.8. The monoisotopic (exact) mass is 544 g/mol. The number of carbonyl (C=O) groups is 2. The Hall–Kier alpha value is -4.18. The Kier molecular flexibility index (Phi) is 10.1. The average molecular weight is 545 g/mol. The summed E-state index contributed by atoms with van der Waals surface area (Å²) in [6.07, 6.45) is 13.7.